The average Bonchev–Trinajstić information content (AvgIpc) is 2.97. The van der Waals surface area contributed by atoms with Crippen molar-refractivity contribution in [3.05, 3.63) is 77.6 Å². The molecule has 0 saturated heterocycles. The third kappa shape index (κ3) is 2.88. The van der Waals surface area contributed by atoms with E-state index in [-0.39, 0.29) is 0 Å². The van der Waals surface area contributed by atoms with Gasteiger partial charge in [-0.15, -0.1) is 0 Å². The average molecular weight is 349 g/mol. The Balaban J connectivity index is 1.98. The van der Waals surface area contributed by atoms with Crippen molar-refractivity contribution in [2.75, 3.05) is 0 Å². The molecule has 0 unspecified atom stereocenters. The number of fused-ring (bicyclic) bond motifs is 2. The van der Waals surface area contributed by atoms with Gasteiger partial charge in [-0.2, -0.15) is 0 Å². The molecule has 4 rings (SSSR count). The van der Waals surface area contributed by atoms with Gasteiger partial charge in [0.15, 0.2) is 0 Å². The molecule has 0 aliphatic rings. The summed E-state index contributed by atoms with van der Waals surface area (Å²) in [6.45, 7) is 0. The fraction of sp³-hybridized carbons (Fsp3) is 0. The summed E-state index contributed by atoms with van der Waals surface area (Å²) in [5.41, 5.74) is 3.02. The second-order valence-electron chi connectivity index (χ2n) is 5.65. The van der Waals surface area contributed by atoms with Gasteiger partial charge in [0.2, 0.25) is 0 Å². The van der Waals surface area contributed by atoms with Gasteiger partial charge in [-0.3, -0.25) is 4.40 Å². The third-order valence-electron chi connectivity index (χ3n) is 4.03. The lowest BCUT2D eigenvalue weighted by molar-refractivity contribution is -0.131. The first-order valence-electron chi connectivity index (χ1n) is 7.69. The SMILES string of the molecule is O=C(O)/C=C/c1c(-c2ccc3ccccc3c2)nc2ccc(Cl)cn12. The molecular formula is C20H13ClN2O2. The normalized spacial score (nSPS) is 11.6. The van der Waals surface area contributed by atoms with E-state index >= 15 is 0 Å². The second kappa shape index (κ2) is 6.07. The van der Waals surface area contributed by atoms with Gasteiger partial charge >= 0.3 is 5.97 Å². The minimum absolute atomic E-state index is 0.555. The molecule has 0 bridgehead atoms. The first kappa shape index (κ1) is 15.4. The number of nitrogens with zero attached hydrogens (tertiary/aromatic N) is 2. The van der Waals surface area contributed by atoms with Crippen LogP contribution in [0.15, 0.2) is 66.9 Å². The Morgan fingerprint density at radius 1 is 1.08 bits per heavy atom. The molecule has 0 amide bonds. The highest BCUT2D eigenvalue weighted by atomic mass is 35.5. The second-order valence-corrected chi connectivity index (χ2v) is 6.09. The van der Waals surface area contributed by atoms with E-state index in [0.717, 1.165) is 22.4 Å². The van der Waals surface area contributed by atoms with Gasteiger partial charge < -0.3 is 5.11 Å². The van der Waals surface area contributed by atoms with Crippen LogP contribution in [0.4, 0.5) is 0 Å². The summed E-state index contributed by atoms with van der Waals surface area (Å²) >= 11 is 6.10. The van der Waals surface area contributed by atoms with E-state index in [0.29, 0.717) is 22.1 Å². The van der Waals surface area contributed by atoms with E-state index in [4.69, 9.17) is 16.7 Å². The Morgan fingerprint density at radius 2 is 1.88 bits per heavy atom. The Bertz CT molecular complexity index is 1150. The van der Waals surface area contributed by atoms with Gasteiger partial charge in [0.25, 0.3) is 0 Å². The van der Waals surface area contributed by atoms with Crippen molar-refractivity contribution >= 4 is 40.1 Å². The van der Waals surface area contributed by atoms with Crippen molar-refractivity contribution < 1.29 is 9.90 Å². The fourth-order valence-corrected chi connectivity index (χ4v) is 3.06. The number of aliphatic carboxylic acids is 1. The predicted octanol–water partition coefficient (Wildman–Crippen LogP) is 4.91. The molecule has 4 nitrogen and oxygen atoms in total. The molecule has 0 atom stereocenters. The number of carboxylic acid groups (broad SMARTS) is 1. The van der Waals surface area contributed by atoms with Crippen LogP contribution in [0.25, 0.3) is 33.8 Å². The summed E-state index contributed by atoms with van der Waals surface area (Å²) in [4.78, 5) is 15.6. The summed E-state index contributed by atoms with van der Waals surface area (Å²) in [7, 11) is 0. The summed E-state index contributed by atoms with van der Waals surface area (Å²) in [6.07, 6.45) is 4.38. The van der Waals surface area contributed by atoms with Crippen LogP contribution in [0, 0.1) is 0 Å². The maximum atomic E-state index is 11.0. The van der Waals surface area contributed by atoms with E-state index < -0.39 is 5.97 Å². The van der Waals surface area contributed by atoms with Crippen LogP contribution >= 0.6 is 11.6 Å². The van der Waals surface area contributed by atoms with Crippen molar-refractivity contribution in [1.82, 2.24) is 9.38 Å². The van der Waals surface area contributed by atoms with E-state index in [1.165, 1.54) is 0 Å². The zero-order chi connectivity index (χ0) is 17.4. The van der Waals surface area contributed by atoms with Crippen molar-refractivity contribution in [2.24, 2.45) is 0 Å². The smallest absolute Gasteiger partial charge is 0.328 e. The van der Waals surface area contributed by atoms with Gasteiger partial charge in [-0.1, -0.05) is 48.0 Å². The zero-order valence-corrected chi connectivity index (χ0v) is 13.8. The molecule has 0 spiro atoms. The molecule has 2 aromatic heterocycles. The van der Waals surface area contributed by atoms with Crippen LogP contribution in [-0.2, 0) is 4.79 Å². The molecule has 0 fully saturated rings. The van der Waals surface area contributed by atoms with Gasteiger partial charge in [0.1, 0.15) is 5.65 Å². The number of hydrogen-bond donors (Lipinski definition) is 1. The highest BCUT2D eigenvalue weighted by Crippen LogP contribution is 2.29. The lowest BCUT2D eigenvalue weighted by Crippen LogP contribution is -1.91. The number of carbonyl (C=O) groups is 1. The first-order valence-corrected chi connectivity index (χ1v) is 8.07. The van der Waals surface area contributed by atoms with Crippen LogP contribution in [-0.4, -0.2) is 20.5 Å². The zero-order valence-electron chi connectivity index (χ0n) is 13.1. The molecule has 25 heavy (non-hydrogen) atoms. The number of pyridine rings is 1. The molecule has 122 valence electrons. The van der Waals surface area contributed by atoms with Crippen molar-refractivity contribution in [3.8, 4) is 11.3 Å². The Labute approximate surface area is 148 Å². The Hall–Kier alpha value is -3.11. The summed E-state index contributed by atoms with van der Waals surface area (Å²) in [5, 5.41) is 11.8. The number of hydrogen-bond acceptors (Lipinski definition) is 2. The van der Waals surface area contributed by atoms with Crippen LogP contribution in [0.5, 0.6) is 0 Å². The number of halogens is 1. The quantitative estimate of drug-likeness (QED) is 0.535. The van der Waals surface area contributed by atoms with Crippen LogP contribution in [0.1, 0.15) is 5.69 Å². The highest BCUT2D eigenvalue weighted by Gasteiger charge is 2.13. The molecule has 0 aliphatic heterocycles. The lowest BCUT2D eigenvalue weighted by Gasteiger charge is -2.03. The van der Waals surface area contributed by atoms with Crippen LogP contribution < -0.4 is 0 Å². The van der Waals surface area contributed by atoms with Gasteiger partial charge in [-0.25, -0.2) is 9.78 Å². The van der Waals surface area contributed by atoms with E-state index in [2.05, 4.69) is 11.1 Å². The lowest BCUT2D eigenvalue weighted by atomic mass is 10.0. The van der Waals surface area contributed by atoms with Gasteiger partial charge in [0.05, 0.1) is 16.4 Å². The fourth-order valence-electron chi connectivity index (χ4n) is 2.90. The molecule has 0 radical (unpaired) electrons. The minimum Gasteiger partial charge on any atom is -0.478 e. The molecule has 2 heterocycles. The number of imidazole rings is 1. The van der Waals surface area contributed by atoms with E-state index in [1.807, 2.05) is 42.5 Å². The molecule has 0 aliphatic carbocycles. The molecule has 0 saturated carbocycles. The monoisotopic (exact) mass is 348 g/mol. The summed E-state index contributed by atoms with van der Waals surface area (Å²) in [5.74, 6) is -1.01. The van der Waals surface area contributed by atoms with Gasteiger partial charge in [-0.05, 0) is 35.0 Å². The largest absolute Gasteiger partial charge is 0.478 e. The summed E-state index contributed by atoms with van der Waals surface area (Å²) in [6, 6.07) is 17.7. The van der Waals surface area contributed by atoms with E-state index in [1.54, 1.807) is 22.7 Å². The van der Waals surface area contributed by atoms with Crippen molar-refractivity contribution in [1.29, 1.82) is 0 Å². The molecule has 4 aromatic rings. The predicted molar refractivity (Wildman–Crippen MR) is 99.8 cm³/mol. The molecule has 1 N–H and O–H groups in total. The Kier molecular flexibility index (Phi) is 3.75. The number of carboxylic acids is 1. The van der Waals surface area contributed by atoms with Crippen molar-refractivity contribution in [3.63, 3.8) is 0 Å². The number of aromatic nitrogens is 2. The standard InChI is InChI=1S/C20H13ClN2O2/c21-16-7-9-18-22-20(17(23(18)12-16)8-10-19(24)25)15-6-5-13-3-1-2-4-14(13)11-15/h1-12H,(H,24,25)/b10-8+. The number of rotatable bonds is 3. The maximum absolute atomic E-state index is 11.0. The first-order chi connectivity index (χ1) is 12.1. The van der Waals surface area contributed by atoms with Crippen molar-refractivity contribution in [2.45, 2.75) is 0 Å². The van der Waals surface area contributed by atoms with Crippen LogP contribution in [0.3, 0.4) is 0 Å². The van der Waals surface area contributed by atoms with E-state index in [9.17, 15) is 4.79 Å². The summed E-state index contributed by atoms with van der Waals surface area (Å²) < 4.78 is 1.80. The molecular weight excluding hydrogens is 336 g/mol. The Morgan fingerprint density at radius 3 is 2.68 bits per heavy atom. The highest BCUT2D eigenvalue weighted by molar-refractivity contribution is 6.30. The third-order valence-corrected chi connectivity index (χ3v) is 4.25. The van der Waals surface area contributed by atoms with Crippen LogP contribution in [0.2, 0.25) is 5.02 Å². The topological polar surface area (TPSA) is 54.6 Å². The number of benzene rings is 2. The molecule has 5 heteroatoms. The molecule has 2 aromatic carbocycles. The van der Waals surface area contributed by atoms with Gasteiger partial charge in [0, 0.05) is 17.8 Å². The minimum atomic E-state index is -1.01. The maximum Gasteiger partial charge on any atom is 0.328 e.